The fourth-order valence-electron chi connectivity index (χ4n) is 2.53. The van der Waals surface area contributed by atoms with E-state index in [0.717, 1.165) is 10.8 Å². The van der Waals surface area contributed by atoms with E-state index in [-0.39, 0.29) is 4.90 Å². The lowest BCUT2D eigenvalue weighted by atomic mass is 10.1. The van der Waals surface area contributed by atoms with Gasteiger partial charge in [-0.2, -0.15) is 0 Å². The van der Waals surface area contributed by atoms with Crippen LogP contribution in [0.2, 0.25) is 0 Å². The Kier molecular flexibility index (Phi) is 4.01. The lowest BCUT2D eigenvalue weighted by Gasteiger charge is -2.13. The van der Waals surface area contributed by atoms with Crippen molar-refractivity contribution in [3.8, 4) is 0 Å². The Labute approximate surface area is 135 Å². The molecule has 1 unspecified atom stereocenters. The van der Waals surface area contributed by atoms with Crippen LogP contribution in [0.1, 0.15) is 17.3 Å². The van der Waals surface area contributed by atoms with Crippen LogP contribution < -0.4 is 0 Å². The molecule has 0 radical (unpaired) electrons. The monoisotopic (exact) mass is 324 g/mol. The summed E-state index contributed by atoms with van der Waals surface area (Å²) in [5.74, 6) is -0.390. The van der Waals surface area contributed by atoms with Gasteiger partial charge in [0.15, 0.2) is 15.6 Å². The Hall–Kier alpha value is -2.46. The van der Waals surface area contributed by atoms with Crippen LogP contribution in [0.5, 0.6) is 0 Å². The van der Waals surface area contributed by atoms with Gasteiger partial charge in [0.25, 0.3) is 0 Å². The standard InChI is InChI=1S/C19H16O3S/c1-14(19(20)16-8-3-2-4-9-16)23(21,22)18-12-11-15-7-5-6-10-17(15)13-18/h2-14H,1H3. The first-order valence-corrected chi connectivity index (χ1v) is 8.87. The Balaban J connectivity index is 2.00. The Morgan fingerprint density at radius 3 is 2.13 bits per heavy atom. The predicted octanol–water partition coefficient (Wildman–Crippen LogP) is 3.88. The second-order valence-electron chi connectivity index (χ2n) is 5.43. The van der Waals surface area contributed by atoms with Gasteiger partial charge in [0.2, 0.25) is 0 Å². The summed E-state index contributed by atoms with van der Waals surface area (Å²) in [5.41, 5.74) is 0.407. The molecule has 3 aromatic carbocycles. The second kappa shape index (κ2) is 5.97. The minimum absolute atomic E-state index is 0.174. The maximum Gasteiger partial charge on any atom is 0.188 e. The highest BCUT2D eigenvalue weighted by atomic mass is 32.2. The first-order chi connectivity index (χ1) is 11.0. The van der Waals surface area contributed by atoms with Crippen molar-refractivity contribution < 1.29 is 13.2 Å². The van der Waals surface area contributed by atoms with E-state index in [0.29, 0.717) is 5.56 Å². The fraction of sp³-hybridized carbons (Fsp3) is 0.105. The van der Waals surface area contributed by atoms with E-state index in [4.69, 9.17) is 0 Å². The molecule has 0 saturated heterocycles. The average molecular weight is 324 g/mol. The average Bonchev–Trinajstić information content (AvgIpc) is 2.60. The van der Waals surface area contributed by atoms with Crippen LogP contribution in [0.25, 0.3) is 10.8 Å². The largest absolute Gasteiger partial charge is 0.293 e. The first-order valence-electron chi connectivity index (χ1n) is 7.32. The molecule has 0 spiro atoms. The molecule has 1 atom stereocenters. The zero-order chi connectivity index (χ0) is 16.4. The van der Waals surface area contributed by atoms with Gasteiger partial charge in [0, 0.05) is 5.56 Å². The van der Waals surface area contributed by atoms with Crippen LogP contribution in [-0.4, -0.2) is 19.5 Å². The minimum Gasteiger partial charge on any atom is -0.293 e. The van der Waals surface area contributed by atoms with Crippen LogP contribution in [-0.2, 0) is 9.84 Å². The molecule has 0 aromatic heterocycles. The zero-order valence-electron chi connectivity index (χ0n) is 12.6. The van der Waals surface area contributed by atoms with Gasteiger partial charge in [-0.15, -0.1) is 0 Å². The van der Waals surface area contributed by atoms with Gasteiger partial charge in [0.05, 0.1) is 4.90 Å². The summed E-state index contributed by atoms with van der Waals surface area (Å²) in [6.45, 7) is 1.44. The molecule has 0 heterocycles. The van der Waals surface area contributed by atoms with Crippen molar-refractivity contribution in [2.75, 3.05) is 0 Å². The molecule has 3 aromatic rings. The molecular weight excluding hydrogens is 308 g/mol. The van der Waals surface area contributed by atoms with Gasteiger partial charge in [-0.25, -0.2) is 8.42 Å². The van der Waals surface area contributed by atoms with Crippen LogP contribution in [0.3, 0.4) is 0 Å². The van der Waals surface area contributed by atoms with E-state index in [1.54, 1.807) is 48.5 Å². The number of Topliss-reactive ketones (excluding diaryl/α,β-unsaturated/α-hetero) is 1. The van der Waals surface area contributed by atoms with Gasteiger partial charge in [0.1, 0.15) is 5.25 Å². The number of ketones is 1. The van der Waals surface area contributed by atoms with Crippen molar-refractivity contribution in [1.82, 2.24) is 0 Å². The van der Waals surface area contributed by atoms with Crippen LogP contribution in [0.4, 0.5) is 0 Å². The van der Waals surface area contributed by atoms with Crippen molar-refractivity contribution in [2.24, 2.45) is 0 Å². The number of benzene rings is 3. The quantitative estimate of drug-likeness (QED) is 0.684. The van der Waals surface area contributed by atoms with Gasteiger partial charge in [-0.1, -0.05) is 60.7 Å². The number of carbonyl (C=O) groups is 1. The summed E-state index contributed by atoms with van der Waals surface area (Å²) in [4.78, 5) is 12.6. The van der Waals surface area contributed by atoms with Gasteiger partial charge < -0.3 is 0 Å². The van der Waals surface area contributed by atoms with Crippen molar-refractivity contribution in [3.05, 3.63) is 78.4 Å². The number of hydrogen-bond donors (Lipinski definition) is 0. The van der Waals surface area contributed by atoms with Crippen molar-refractivity contribution in [2.45, 2.75) is 17.1 Å². The van der Waals surface area contributed by atoms with E-state index in [9.17, 15) is 13.2 Å². The predicted molar refractivity (Wildman–Crippen MR) is 91.4 cm³/mol. The van der Waals surface area contributed by atoms with E-state index >= 15 is 0 Å². The molecule has 0 saturated carbocycles. The topological polar surface area (TPSA) is 51.2 Å². The molecule has 0 N–H and O–H groups in total. The molecule has 0 amide bonds. The van der Waals surface area contributed by atoms with Crippen molar-refractivity contribution in [3.63, 3.8) is 0 Å². The number of hydrogen-bond acceptors (Lipinski definition) is 3. The van der Waals surface area contributed by atoms with Crippen LogP contribution >= 0.6 is 0 Å². The number of sulfone groups is 1. The second-order valence-corrected chi connectivity index (χ2v) is 7.70. The number of fused-ring (bicyclic) bond motifs is 1. The molecule has 0 aliphatic heterocycles. The highest BCUT2D eigenvalue weighted by Gasteiger charge is 2.30. The van der Waals surface area contributed by atoms with Crippen LogP contribution in [0, 0.1) is 0 Å². The highest BCUT2D eigenvalue weighted by molar-refractivity contribution is 7.92. The smallest absolute Gasteiger partial charge is 0.188 e. The summed E-state index contributed by atoms with van der Waals surface area (Å²) in [6, 6.07) is 21.0. The highest BCUT2D eigenvalue weighted by Crippen LogP contribution is 2.23. The number of rotatable bonds is 4. The van der Waals surface area contributed by atoms with Crippen molar-refractivity contribution >= 4 is 26.4 Å². The summed E-state index contributed by atoms with van der Waals surface area (Å²) < 4.78 is 25.5. The summed E-state index contributed by atoms with van der Waals surface area (Å²) in [7, 11) is -3.73. The van der Waals surface area contributed by atoms with E-state index in [1.165, 1.54) is 6.92 Å². The maximum absolute atomic E-state index is 12.8. The maximum atomic E-state index is 12.8. The molecule has 23 heavy (non-hydrogen) atoms. The van der Waals surface area contributed by atoms with Crippen LogP contribution in [0.15, 0.2) is 77.7 Å². The molecular formula is C19H16O3S. The molecule has 0 aliphatic carbocycles. The summed E-state index contributed by atoms with van der Waals surface area (Å²) in [6.07, 6.45) is 0. The van der Waals surface area contributed by atoms with Gasteiger partial charge in [-0.3, -0.25) is 4.79 Å². The summed E-state index contributed by atoms with van der Waals surface area (Å²) >= 11 is 0. The molecule has 3 rings (SSSR count). The minimum atomic E-state index is -3.73. The first kappa shape index (κ1) is 15.4. The van der Waals surface area contributed by atoms with Gasteiger partial charge in [-0.05, 0) is 29.8 Å². The number of carbonyl (C=O) groups excluding carboxylic acids is 1. The normalized spacial score (nSPS) is 12.9. The lowest BCUT2D eigenvalue weighted by molar-refractivity contribution is 0.0991. The molecule has 0 bridgehead atoms. The molecule has 0 aliphatic rings. The third-order valence-electron chi connectivity index (χ3n) is 3.94. The SMILES string of the molecule is CC(C(=O)c1ccccc1)S(=O)(=O)c1ccc2ccccc2c1. The molecule has 116 valence electrons. The molecule has 3 nitrogen and oxygen atoms in total. The van der Waals surface area contributed by atoms with Crippen molar-refractivity contribution in [1.29, 1.82) is 0 Å². The van der Waals surface area contributed by atoms with E-state index in [1.807, 2.05) is 24.3 Å². The zero-order valence-corrected chi connectivity index (χ0v) is 13.5. The third-order valence-corrected chi connectivity index (χ3v) is 6.00. The van der Waals surface area contributed by atoms with Gasteiger partial charge >= 0.3 is 0 Å². The fourth-order valence-corrected chi connectivity index (χ4v) is 3.90. The Morgan fingerprint density at radius 1 is 0.826 bits per heavy atom. The molecule has 4 heteroatoms. The Bertz CT molecular complexity index is 960. The summed E-state index contributed by atoms with van der Waals surface area (Å²) in [5, 5.41) is 0.687. The molecule has 0 fully saturated rings. The lowest BCUT2D eigenvalue weighted by Crippen LogP contribution is -2.27. The van der Waals surface area contributed by atoms with E-state index in [2.05, 4.69) is 0 Å². The third kappa shape index (κ3) is 2.90. The Morgan fingerprint density at radius 2 is 1.43 bits per heavy atom. The van der Waals surface area contributed by atoms with E-state index < -0.39 is 20.9 Å².